The van der Waals surface area contributed by atoms with E-state index in [1.54, 1.807) is 4.90 Å². The van der Waals surface area contributed by atoms with Crippen molar-refractivity contribution in [2.75, 3.05) is 13.1 Å². The molecule has 0 radical (unpaired) electrons. The van der Waals surface area contributed by atoms with Crippen LogP contribution in [0, 0.1) is 5.41 Å². The van der Waals surface area contributed by atoms with Crippen molar-refractivity contribution in [2.24, 2.45) is 5.41 Å². The summed E-state index contributed by atoms with van der Waals surface area (Å²) in [4.78, 5) is 26.7. The second-order valence-corrected chi connectivity index (χ2v) is 8.32. The number of amides is 1. The smallest absolute Gasteiger partial charge is 0.410 e. The van der Waals surface area contributed by atoms with Gasteiger partial charge in [0.05, 0.1) is 6.42 Å². The summed E-state index contributed by atoms with van der Waals surface area (Å²) in [6.45, 7) is 10.8. The number of carbonyl (C=O) groups excluding carboxylic acids is 2. The summed E-state index contributed by atoms with van der Waals surface area (Å²) >= 11 is 0. The lowest BCUT2D eigenvalue weighted by Gasteiger charge is -2.42. The van der Waals surface area contributed by atoms with Gasteiger partial charge in [-0.3, -0.25) is 4.79 Å². The van der Waals surface area contributed by atoms with Crippen molar-refractivity contribution in [1.29, 1.82) is 0 Å². The Morgan fingerprint density at radius 2 is 1.96 bits per heavy atom. The summed E-state index contributed by atoms with van der Waals surface area (Å²) in [5.74, 6) is -0.244. The molecule has 0 saturated carbocycles. The predicted molar refractivity (Wildman–Crippen MR) is 105 cm³/mol. The first kappa shape index (κ1) is 21.0. The van der Waals surface area contributed by atoms with Crippen molar-refractivity contribution >= 4 is 12.1 Å². The van der Waals surface area contributed by atoms with E-state index in [4.69, 9.17) is 9.47 Å². The lowest BCUT2D eigenvalue weighted by molar-refractivity contribution is -0.148. The molecule has 1 saturated heterocycles. The number of rotatable bonds is 6. The molecule has 1 aromatic carbocycles. The molecule has 0 spiro atoms. The summed E-state index contributed by atoms with van der Waals surface area (Å²) in [5.41, 5.74) is 0.0807. The average molecular weight is 373 g/mol. The molecule has 27 heavy (non-hydrogen) atoms. The van der Waals surface area contributed by atoms with Gasteiger partial charge in [0, 0.05) is 18.5 Å². The SMILES string of the molecule is C=CCC1(CC(=O)OCc2ccccc2)CCCN(C(=O)OC(C)(C)C)C1. The Labute approximate surface area is 162 Å². The highest BCUT2D eigenvalue weighted by Crippen LogP contribution is 2.38. The minimum Gasteiger partial charge on any atom is -0.461 e. The standard InChI is InChI=1S/C22H31NO4/c1-5-12-22(15-19(24)26-16-18-10-7-6-8-11-18)13-9-14-23(17-22)20(25)27-21(2,3)4/h5-8,10-11H,1,9,12-17H2,2-4H3. The van der Waals surface area contributed by atoms with Gasteiger partial charge in [0.25, 0.3) is 0 Å². The van der Waals surface area contributed by atoms with Crippen LogP contribution in [0.25, 0.3) is 0 Å². The third-order valence-electron chi connectivity index (χ3n) is 4.65. The maximum atomic E-state index is 12.5. The topological polar surface area (TPSA) is 55.8 Å². The lowest BCUT2D eigenvalue weighted by Crippen LogP contribution is -2.48. The lowest BCUT2D eigenvalue weighted by atomic mass is 9.74. The molecule has 1 unspecified atom stereocenters. The van der Waals surface area contributed by atoms with Crippen LogP contribution in [0.5, 0.6) is 0 Å². The highest BCUT2D eigenvalue weighted by molar-refractivity contribution is 5.71. The largest absolute Gasteiger partial charge is 0.461 e. The van der Waals surface area contributed by atoms with E-state index in [0.29, 0.717) is 19.5 Å². The van der Waals surface area contributed by atoms with Crippen molar-refractivity contribution in [2.45, 2.75) is 58.7 Å². The minimum absolute atomic E-state index is 0.244. The number of piperidine rings is 1. The summed E-state index contributed by atoms with van der Waals surface area (Å²) < 4.78 is 11.0. The Bertz CT molecular complexity index is 650. The molecule has 0 aromatic heterocycles. The van der Waals surface area contributed by atoms with Crippen LogP contribution in [0.1, 0.15) is 52.0 Å². The molecule has 0 aliphatic carbocycles. The van der Waals surface area contributed by atoms with Gasteiger partial charge in [-0.15, -0.1) is 6.58 Å². The third-order valence-corrected chi connectivity index (χ3v) is 4.65. The summed E-state index contributed by atoms with van der Waals surface area (Å²) in [6.07, 6.45) is 4.12. The van der Waals surface area contributed by atoms with E-state index in [1.165, 1.54) is 0 Å². The van der Waals surface area contributed by atoms with Crippen LogP contribution < -0.4 is 0 Å². The maximum Gasteiger partial charge on any atom is 0.410 e. The van der Waals surface area contributed by atoms with Crippen LogP contribution in [0.4, 0.5) is 4.79 Å². The fourth-order valence-electron chi connectivity index (χ4n) is 3.47. The molecule has 5 heteroatoms. The Morgan fingerprint density at radius 1 is 1.26 bits per heavy atom. The highest BCUT2D eigenvalue weighted by Gasteiger charge is 2.39. The summed E-state index contributed by atoms with van der Waals surface area (Å²) in [7, 11) is 0. The van der Waals surface area contributed by atoms with E-state index in [0.717, 1.165) is 18.4 Å². The Kier molecular flexibility index (Phi) is 7.05. The third kappa shape index (κ3) is 6.74. The molecule has 2 rings (SSSR count). The average Bonchev–Trinajstić information content (AvgIpc) is 2.60. The molecule has 148 valence electrons. The first-order valence-electron chi connectivity index (χ1n) is 9.51. The zero-order valence-corrected chi connectivity index (χ0v) is 16.7. The van der Waals surface area contributed by atoms with Gasteiger partial charge in [-0.1, -0.05) is 36.4 Å². The van der Waals surface area contributed by atoms with Crippen LogP contribution in [0.2, 0.25) is 0 Å². The van der Waals surface area contributed by atoms with Gasteiger partial charge in [0.1, 0.15) is 12.2 Å². The molecule has 1 atom stereocenters. The monoisotopic (exact) mass is 373 g/mol. The summed E-state index contributed by atoms with van der Waals surface area (Å²) in [6, 6.07) is 9.62. The van der Waals surface area contributed by atoms with E-state index in [9.17, 15) is 9.59 Å². The van der Waals surface area contributed by atoms with Gasteiger partial charge in [-0.2, -0.15) is 0 Å². The fraction of sp³-hybridized carbons (Fsp3) is 0.545. The zero-order chi connectivity index (χ0) is 19.9. The predicted octanol–water partition coefficient (Wildman–Crippen LogP) is 4.71. The molecular weight excluding hydrogens is 342 g/mol. The first-order chi connectivity index (χ1) is 12.7. The van der Waals surface area contributed by atoms with Gasteiger partial charge >= 0.3 is 12.1 Å². The van der Waals surface area contributed by atoms with Crippen molar-refractivity contribution in [3.05, 3.63) is 48.6 Å². The van der Waals surface area contributed by atoms with Crippen molar-refractivity contribution in [1.82, 2.24) is 4.90 Å². The van der Waals surface area contributed by atoms with Crippen LogP contribution in [-0.2, 0) is 20.9 Å². The normalized spacial score (nSPS) is 20.0. The number of hydrogen-bond donors (Lipinski definition) is 0. The number of nitrogens with zero attached hydrogens (tertiary/aromatic N) is 1. The number of hydrogen-bond acceptors (Lipinski definition) is 4. The quantitative estimate of drug-likeness (QED) is 0.535. The molecule has 1 heterocycles. The number of esters is 1. The van der Waals surface area contributed by atoms with Crippen LogP contribution >= 0.6 is 0 Å². The number of carbonyl (C=O) groups is 2. The molecule has 5 nitrogen and oxygen atoms in total. The highest BCUT2D eigenvalue weighted by atomic mass is 16.6. The van der Waals surface area contributed by atoms with Gasteiger partial charge in [-0.25, -0.2) is 4.79 Å². The molecule has 0 N–H and O–H groups in total. The Morgan fingerprint density at radius 3 is 2.59 bits per heavy atom. The zero-order valence-electron chi connectivity index (χ0n) is 16.7. The fourth-order valence-corrected chi connectivity index (χ4v) is 3.47. The van der Waals surface area contributed by atoms with E-state index < -0.39 is 5.60 Å². The molecule has 1 aliphatic heterocycles. The summed E-state index contributed by atoms with van der Waals surface area (Å²) in [5, 5.41) is 0. The van der Waals surface area contributed by atoms with Crippen LogP contribution in [0.3, 0.4) is 0 Å². The van der Waals surface area contributed by atoms with Gasteiger partial charge in [0.15, 0.2) is 0 Å². The number of ether oxygens (including phenoxy) is 2. The van der Waals surface area contributed by atoms with Crippen molar-refractivity contribution < 1.29 is 19.1 Å². The second kappa shape index (κ2) is 9.07. The van der Waals surface area contributed by atoms with E-state index in [1.807, 2.05) is 57.2 Å². The number of likely N-dealkylation sites (tertiary alicyclic amines) is 1. The van der Waals surface area contributed by atoms with Crippen LogP contribution in [0.15, 0.2) is 43.0 Å². The molecular formula is C22H31NO4. The van der Waals surface area contributed by atoms with E-state index >= 15 is 0 Å². The number of benzene rings is 1. The minimum atomic E-state index is -0.537. The second-order valence-electron chi connectivity index (χ2n) is 8.32. The van der Waals surface area contributed by atoms with E-state index in [2.05, 4.69) is 6.58 Å². The van der Waals surface area contributed by atoms with Gasteiger partial charge in [0.2, 0.25) is 0 Å². The Balaban J connectivity index is 1.99. The maximum absolute atomic E-state index is 12.5. The van der Waals surface area contributed by atoms with Crippen molar-refractivity contribution in [3.8, 4) is 0 Å². The molecule has 0 bridgehead atoms. The molecule has 1 amide bonds. The van der Waals surface area contributed by atoms with Gasteiger partial charge < -0.3 is 14.4 Å². The molecule has 1 aromatic rings. The van der Waals surface area contributed by atoms with E-state index in [-0.39, 0.29) is 30.5 Å². The van der Waals surface area contributed by atoms with Crippen LogP contribution in [-0.4, -0.2) is 35.7 Å². The van der Waals surface area contributed by atoms with Gasteiger partial charge in [-0.05, 0) is 45.6 Å². The Hall–Kier alpha value is -2.30. The molecule has 1 fully saturated rings. The molecule has 1 aliphatic rings. The van der Waals surface area contributed by atoms with Crippen molar-refractivity contribution in [3.63, 3.8) is 0 Å². The number of allylic oxidation sites excluding steroid dienone is 1. The first-order valence-corrected chi connectivity index (χ1v) is 9.51.